The van der Waals surface area contributed by atoms with Crippen molar-refractivity contribution in [3.05, 3.63) is 52.2 Å². The van der Waals surface area contributed by atoms with Crippen LogP contribution in [0.15, 0.2) is 39.1 Å². The summed E-state index contributed by atoms with van der Waals surface area (Å²) in [5, 5.41) is 5.81. The Bertz CT molecular complexity index is 1190. The van der Waals surface area contributed by atoms with Crippen LogP contribution in [0, 0.1) is 26.7 Å². The summed E-state index contributed by atoms with van der Waals surface area (Å²) in [5.74, 6) is -0.0414. The Morgan fingerprint density at radius 3 is 2.53 bits per heavy atom. The Labute approximate surface area is 191 Å². The molecule has 10 heteroatoms. The fourth-order valence-corrected chi connectivity index (χ4v) is 6.64. The van der Waals surface area contributed by atoms with Crippen LogP contribution in [0.2, 0.25) is 0 Å². The first-order chi connectivity index (χ1) is 15.3. The summed E-state index contributed by atoms with van der Waals surface area (Å²) in [7, 11) is -3.61. The smallest absolute Gasteiger partial charge is 0.309 e. The molecule has 3 aromatic rings. The predicted octanol–water partition coefficient (Wildman–Crippen LogP) is 3.87. The van der Waals surface area contributed by atoms with Crippen molar-refractivity contribution >= 4 is 27.3 Å². The van der Waals surface area contributed by atoms with Gasteiger partial charge in [-0.3, -0.25) is 4.79 Å². The fraction of sp³-hybridized carbons (Fsp3) is 0.409. The lowest BCUT2D eigenvalue weighted by Crippen LogP contribution is -2.41. The van der Waals surface area contributed by atoms with E-state index >= 15 is 0 Å². The van der Waals surface area contributed by atoms with Crippen LogP contribution >= 0.6 is 11.3 Å². The molecule has 0 atom stereocenters. The number of ether oxygens (including phenoxy) is 1. The van der Waals surface area contributed by atoms with Gasteiger partial charge in [-0.25, -0.2) is 8.42 Å². The van der Waals surface area contributed by atoms with Crippen molar-refractivity contribution in [3.63, 3.8) is 0 Å². The van der Waals surface area contributed by atoms with Crippen LogP contribution in [-0.2, 0) is 26.2 Å². The maximum Gasteiger partial charge on any atom is 0.309 e. The average Bonchev–Trinajstić information content (AvgIpc) is 3.43. The number of aryl methyl sites for hydroxylation is 3. The Morgan fingerprint density at radius 2 is 1.91 bits per heavy atom. The van der Waals surface area contributed by atoms with Crippen molar-refractivity contribution in [1.29, 1.82) is 0 Å². The van der Waals surface area contributed by atoms with E-state index in [1.165, 1.54) is 15.6 Å². The minimum atomic E-state index is -3.61. The molecule has 0 spiro atoms. The second kappa shape index (κ2) is 9.13. The molecule has 0 saturated carbocycles. The summed E-state index contributed by atoms with van der Waals surface area (Å²) < 4.78 is 38.4. The SMILES string of the molecule is Cc1cc(C)c(S(=O)(=O)N2CCC(C(=O)OCc3nc(-c4cccs4)no3)CC2)c(C)c1. The molecule has 0 N–H and O–H groups in total. The summed E-state index contributed by atoms with van der Waals surface area (Å²) in [5.41, 5.74) is 2.51. The van der Waals surface area contributed by atoms with Crippen molar-refractivity contribution in [2.45, 2.75) is 45.1 Å². The normalized spacial score (nSPS) is 15.7. The van der Waals surface area contributed by atoms with Crippen LogP contribution in [0.5, 0.6) is 0 Å². The van der Waals surface area contributed by atoms with E-state index in [-0.39, 0.29) is 37.5 Å². The van der Waals surface area contributed by atoms with Crippen LogP contribution in [0.3, 0.4) is 0 Å². The molecule has 0 bridgehead atoms. The van der Waals surface area contributed by atoms with Gasteiger partial charge >= 0.3 is 5.97 Å². The van der Waals surface area contributed by atoms with E-state index in [9.17, 15) is 13.2 Å². The summed E-state index contributed by atoms with van der Waals surface area (Å²) in [4.78, 5) is 18.0. The second-order valence-electron chi connectivity index (χ2n) is 8.00. The Balaban J connectivity index is 1.34. The van der Waals surface area contributed by atoms with Gasteiger partial charge in [0.15, 0.2) is 6.61 Å². The molecule has 1 fully saturated rings. The van der Waals surface area contributed by atoms with Gasteiger partial charge in [0.1, 0.15) is 0 Å². The molecule has 0 amide bonds. The largest absolute Gasteiger partial charge is 0.455 e. The third-order valence-electron chi connectivity index (χ3n) is 5.54. The maximum atomic E-state index is 13.2. The molecule has 2 aromatic heterocycles. The molecular formula is C22H25N3O5S2. The van der Waals surface area contributed by atoms with Gasteiger partial charge in [0.25, 0.3) is 5.89 Å². The lowest BCUT2D eigenvalue weighted by molar-refractivity contribution is -0.152. The van der Waals surface area contributed by atoms with E-state index in [1.807, 2.05) is 50.4 Å². The van der Waals surface area contributed by atoms with Gasteiger partial charge in [-0.1, -0.05) is 28.9 Å². The van der Waals surface area contributed by atoms with E-state index in [1.54, 1.807) is 0 Å². The van der Waals surface area contributed by atoms with E-state index in [2.05, 4.69) is 10.1 Å². The molecule has 1 aliphatic rings. The predicted molar refractivity (Wildman–Crippen MR) is 120 cm³/mol. The highest BCUT2D eigenvalue weighted by molar-refractivity contribution is 7.89. The van der Waals surface area contributed by atoms with Crippen molar-refractivity contribution in [1.82, 2.24) is 14.4 Å². The Morgan fingerprint density at radius 1 is 1.22 bits per heavy atom. The van der Waals surface area contributed by atoms with E-state index in [4.69, 9.17) is 9.26 Å². The molecule has 0 radical (unpaired) electrons. The number of benzene rings is 1. The van der Waals surface area contributed by atoms with Crippen molar-refractivity contribution in [2.24, 2.45) is 5.92 Å². The number of carbonyl (C=O) groups is 1. The topological polar surface area (TPSA) is 103 Å². The highest BCUT2D eigenvalue weighted by atomic mass is 32.2. The van der Waals surface area contributed by atoms with Crippen molar-refractivity contribution in [3.8, 4) is 10.7 Å². The number of sulfonamides is 1. The van der Waals surface area contributed by atoms with Crippen LogP contribution in [0.4, 0.5) is 0 Å². The molecule has 1 saturated heterocycles. The fourth-order valence-electron chi connectivity index (χ4n) is 4.10. The highest BCUT2D eigenvalue weighted by Crippen LogP contribution is 2.29. The lowest BCUT2D eigenvalue weighted by Gasteiger charge is -2.31. The van der Waals surface area contributed by atoms with Gasteiger partial charge in [0.2, 0.25) is 15.8 Å². The minimum absolute atomic E-state index is 0.0997. The number of nitrogens with zero attached hydrogens (tertiary/aromatic N) is 3. The summed E-state index contributed by atoms with van der Waals surface area (Å²) in [6.07, 6.45) is 0.818. The summed E-state index contributed by atoms with van der Waals surface area (Å²) in [6, 6.07) is 7.54. The first kappa shape index (κ1) is 22.6. The molecule has 32 heavy (non-hydrogen) atoms. The summed E-state index contributed by atoms with van der Waals surface area (Å²) in [6.45, 7) is 6.04. The minimum Gasteiger partial charge on any atom is -0.455 e. The molecular weight excluding hydrogens is 450 g/mol. The number of piperidine rings is 1. The number of hydrogen-bond acceptors (Lipinski definition) is 8. The lowest BCUT2D eigenvalue weighted by atomic mass is 9.98. The van der Waals surface area contributed by atoms with Gasteiger partial charge in [0.05, 0.1) is 15.7 Å². The molecule has 8 nitrogen and oxygen atoms in total. The number of carbonyl (C=O) groups excluding carboxylic acids is 1. The van der Waals surface area contributed by atoms with Gasteiger partial charge in [-0.2, -0.15) is 9.29 Å². The quantitative estimate of drug-likeness (QED) is 0.499. The molecule has 1 aromatic carbocycles. The molecule has 1 aliphatic heterocycles. The van der Waals surface area contributed by atoms with Crippen molar-refractivity contribution in [2.75, 3.05) is 13.1 Å². The van der Waals surface area contributed by atoms with Crippen LogP contribution in [0.25, 0.3) is 10.7 Å². The van der Waals surface area contributed by atoms with Gasteiger partial charge < -0.3 is 9.26 Å². The van der Waals surface area contributed by atoms with Gasteiger partial charge in [-0.05, 0) is 56.2 Å². The number of aromatic nitrogens is 2. The van der Waals surface area contributed by atoms with Crippen LogP contribution < -0.4 is 0 Å². The molecule has 3 heterocycles. The zero-order chi connectivity index (χ0) is 22.9. The number of hydrogen-bond donors (Lipinski definition) is 0. The Kier molecular flexibility index (Phi) is 6.45. The van der Waals surface area contributed by atoms with Crippen molar-refractivity contribution < 1.29 is 22.5 Å². The maximum absolute atomic E-state index is 13.2. The third-order valence-corrected chi connectivity index (χ3v) is 8.61. The first-order valence-electron chi connectivity index (χ1n) is 10.4. The van der Waals surface area contributed by atoms with E-state index in [0.717, 1.165) is 21.6 Å². The Hall–Kier alpha value is -2.56. The number of esters is 1. The van der Waals surface area contributed by atoms with Gasteiger partial charge in [-0.15, -0.1) is 11.3 Å². The zero-order valence-electron chi connectivity index (χ0n) is 18.2. The highest BCUT2D eigenvalue weighted by Gasteiger charge is 2.34. The number of rotatable bonds is 6. The standard InChI is InChI=1S/C22H25N3O5S2/c1-14-11-15(2)20(16(3)12-14)32(27,28)25-8-6-17(7-9-25)22(26)29-13-19-23-21(24-30-19)18-5-4-10-31-18/h4-5,10-12,17H,6-9,13H2,1-3H3. The monoisotopic (exact) mass is 475 g/mol. The zero-order valence-corrected chi connectivity index (χ0v) is 19.8. The van der Waals surface area contributed by atoms with Crippen LogP contribution in [-0.4, -0.2) is 41.9 Å². The summed E-state index contributed by atoms with van der Waals surface area (Å²) >= 11 is 1.49. The van der Waals surface area contributed by atoms with E-state index < -0.39 is 10.0 Å². The number of thiophene rings is 1. The third kappa shape index (κ3) is 4.62. The molecule has 4 rings (SSSR count). The average molecular weight is 476 g/mol. The second-order valence-corrected chi connectivity index (χ2v) is 10.8. The molecule has 170 valence electrons. The van der Waals surface area contributed by atoms with E-state index in [0.29, 0.717) is 23.6 Å². The molecule has 0 unspecified atom stereocenters. The molecule has 0 aliphatic carbocycles. The van der Waals surface area contributed by atoms with Gasteiger partial charge in [0, 0.05) is 13.1 Å². The van der Waals surface area contributed by atoms with Crippen LogP contribution in [0.1, 0.15) is 35.4 Å². The first-order valence-corrected chi connectivity index (χ1v) is 12.7.